The number of carbonyl (C=O) groups is 1. The van der Waals surface area contributed by atoms with Crippen LogP contribution in [0.4, 0.5) is 0 Å². The number of thiophene rings is 1. The van der Waals surface area contributed by atoms with Crippen LogP contribution in [-0.4, -0.2) is 31.6 Å². The van der Waals surface area contributed by atoms with Crippen molar-refractivity contribution >= 4 is 47.2 Å². The Hall–Kier alpha value is -0.830. The van der Waals surface area contributed by atoms with Crippen molar-refractivity contribution in [2.45, 2.75) is 51.2 Å². The van der Waals surface area contributed by atoms with Crippen molar-refractivity contribution < 1.29 is 9.53 Å². The lowest BCUT2D eigenvalue weighted by molar-refractivity contribution is -0.148. The maximum absolute atomic E-state index is 11.7. The van der Waals surface area contributed by atoms with Crippen molar-refractivity contribution in [1.29, 1.82) is 0 Å². The van der Waals surface area contributed by atoms with E-state index in [1.54, 1.807) is 18.4 Å². The van der Waals surface area contributed by atoms with Crippen LogP contribution >= 0.6 is 35.3 Å². The zero-order valence-corrected chi connectivity index (χ0v) is 16.7. The van der Waals surface area contributed by atoms with Gasteiger partial charge in [-0.25, -0.2) is 0 Å². The summed E-state index contributed by atoms with van der Waals surface area (Å²) in [6.45, 7) is 1.47. The van der Waals surface area contributed by atoms with Gasteiger partial charge >= 0.3 is 5.97 Å². The Balaban J connectivity index is 0.00000264. The fraction of sp³-hybridized carbons (Fsp3) is 0.625. The summed E-state index contributed by atoms with van der Waals surface area (Å²) in [6.07, 6.45) is 5.82. The topological polar surface area (TPSA) is 62.7 Å². The zero-order chi connectivity index (χ0) is 15.6. The van der Waals surface area contributed by atoms with Gasteiger partial charge in [0.25, 0.3) is 0 Å². The van der Waals surface area contributed by atoms with Gasteiger partial charge in [-0.2, -0.15) is 11.3 Å². The minimum Gasteiger partial charge on any atom is -0.462 e. The number of rotatable bonds is 7. The molecule has 1 aliphatic carbocycles. The molecule has 0 aromatic carbocycles. The van der Waals surface area contributed by atoms with Crippen LogP contribution in [0.3, 0.4) is 0 Å². The van der Waals surface area contributed by atoms with Gasteiger partial charge in [0.15, 0.2) is 5.96 Å². The molecule has 5 nitrogen and oxygen atoms in total. The van der Waals surface area contributed by atoms with Crippen LogP contribution in [0.5, 0.6) is 0 Å². The van der Waals surface area contributed by atoms with Crippen LogP contribution in [-0.2, 0) is 16.1 Å². The summed E-state index contributed by atoms with van der Waals surface area (Å²) >= 11 is 1.68. The minimum atomic E-state index is -0.0741. The van der Waals surface area contributed by atoms with Gasteiger partial charge in [0.1, 0.15) is 6.10 Å². The largest absolute Gasteiger partial charge is 0.462 e. The highest BCUT2D eigenvalue weighted by molar-refractivity contribution is 14.0. The fourth-order valence-electron chi connectivity index (χ4n) is 2.49. The lowest BCUT2D eigenvalue weighted by atomic mass is 10.3. The van der Waals surface area contributed by atoms with Gasteiger partial charge in [0.2, 0.25) is 0 Å². The third-order valence-electron chi connectivity index (χ3n) is 3.71. The minimum absolute atomic E-state index is 0. The molecule has 1 saturated carbocycles. The molecule has 0 saturated heterocycles. The average Bonchev–Trinajstić information content (AvgIpc) is 3.20. The van der Waals surface area contributed by atoms with Crippen LogP contribution in [0, 0.1) is 0 Å². The number of ether oxygens (including phenoxy) is 1. The first-order chi connectivity index (χ1) is 10.8. The highest BCUT2D eigenvalue weighted by Crippen LogP contribution is 2.21. The summed E-state index contributed by atoms with van der Waals surface area (Å²) in [4.78, 5) is 15.9. The van der Waals surface area contributed by atoms with Crippen molar-refractivity contribution in [3.05, 3.63) is 22.4 Å². The van der Waals surface area contributed by atoms with Crippen LogP contribution in [0.1, 0.15) is 44.1 Å². The van der Waals surface area contributed by atoms with E-state index in [4.69, 9.17) is 4.74 Å². The highest BCUT2D eigenvalue weighted by Gasteiger charge is 2.18. The molecule has 23 heavy (non-hydrogen) atoms. The Morgan fingerprint density at radius 1 is 1.39 bits per heavy atom. The predicted molar refractivity (Wildman–Crippen MR) is 106 cm³/mol. The number of halogens is 1. The quantitative estimate of drug-likeness (QED) is 0.220. The van der Waals surface area contributed by atoms with Gasteiger partial charge in [-0.3, -0.25) is 9.79 Å². The Kier molecular flexibility index (Phi) is 10.3. The molecule has 1 aliphatic rings. The molecular weight excluding hydrogens is 425 g/mol. The van der Waals surface area contributed by atoms with Crippen molar-refractivity contribution in [3.63, 3.8) is 0 Å². The van der Waals surface area contributed by atoms with E-state index in [9.17, 15) is 4.79 Å². The molecule has 2 N–H and O–H groups in total. The number of esters is 1. The monoisotopic (exact) mass is 451 g/mol. The van der Waals surface area contributed by atoms with Crippen LogP contribution in [0.15, 0.2) is 21.8 Å². The van der Waals surface area contributed by atoms with Gasteiger partial charge in [0.05, 0.1) is 0 Å². The first-order valence-electron chi connectivity index (χ1n) is 7.93. The Labute approximate surface area is 159 Å². The highest BCUT2D eigenvalue weighted by atomic mass is 127. The molecule has 0 spiro atoms. The molecule has 1 fully saturated rings. The van der Waals surface area contributed by atoms with E-state index in [2.05, 4.69) is 32.5 Å². The molecule has 2 rings (SSSR count). The number of aliphatic imine (C=N–C) groups is 1. The van der Waals surface area contributed by atoms with Gasteiger partial charge in [-0.15, -0.1) is 24.0 Å². The van der Waals surface area contributed by atoms with Gasteiger partial charge < -0.3 is 15.4 Å². The normalized spacial score (nSPS) is 15.1. The van der Waals surface area contributed by atoms with Crippen LogP contribution in [0.25, 0.3) is 0 Å². The molecule has 1 heterocycles. The molecule has 1 aromatic rings. The first-order valence-corrected chi connectivity index (χ1v) is 8.87. The summed E-state index contributed by atoms with van der Waals surface area (Å²) < 4.78 is 5.43. The molecule has 0 aliphatic heterocycles. The van der Waals surface area contributed by atoms with E-state index in [-0.39, 0.29) is 36.0 Å². The maximum Gasteiger partial charge on any atom is 0.306 e. The summed E-state index contributed by atoms with van der Waals surface area (Å²) in [7, 11) is 1.75. The number of hydrogen-bond acceptors (Lipinski definition) is 4. The second kappa shape index (κ2) is 11.7. The Bertz CT molecular complexity index is 474. The zero-order valence-electron chi connectivity index (χ0n) is 13.5. The second-order valence-electron chi connectivity index (χ2n) is 5.48. The molecule has 0 radical (unpaired) electrons. The van der Waals surface area contributed by atoms with Crippen molar-refractivity contribution in [3.8, 4) is 0 Å². The lowest BCUT2D eigenvalue weighted by Crippen LogP contribution is -2.37. The van der Waals surface area contributed by atoms with Gasteiger partial charge in [0, 0.05) is 26.6 Å². The first kappa shape index (κ1) is 20.2. The molecule has 0 unspecified atom stereocenters. The van der Waals surface area contributed by atoms with E-state index < -0.39 is 0 Å². The third-order valence-corrected chi connectivity index (χ3v) is 4.45. The number of guanidine groups is 1. The fourth-order valence-corrected chi connectivity index (χ4v) is 3.16. The third kappa shape index (κ3) is 8.01. The number of hydrogen-bond donors (Lipinski definition) is 2. The maximum atomic E-state index is 11.7. The lowest BCUT2D eigenvalue weighted by Gasteiger charge is -2.13. The Morgan fingerprint density at radius 2 is 2.17 bits per heavy atom. The van der Waals surface area contributed by atoms with Crippen molar-refractivity contribution in [2.24, 2.45) is 4.99 Å². The Morgan fingerprint density at radius 3 is 2.83 bits per heavy atom. The number of nitrogens with one attached hydrogen (secondary N) is 2. The summed E-state index contributed by atoms with van der Waals surface area (Å²) in [5.41, 5.74) is 1.24. The number of nitrogens with zero attached hydrogens (tertiary/aromatic N) is 1. The van der Waals surface area contributed by atoms with E-state index in [1.807, 2.05) is 0 Å². The summed E-state index contributed by atoms with van der Waals surface area (Å²) in [5.74, 6) is 0.685. The smallest absolute Gasteiger partial charge is 0.306 e. The molecule has 1 aromatic heterocycles. The molecule has 0 atom stereocenters. The number of carbonyl (C=O) groups excluding carboxylic acids is 1. The van der Waals surface area contributed by atoms with Gasteiger partial charge in [-0.1, -0.05) is 0 Å². The van der Waals surface area contributed by atoms with Crippen LogP contribution < -0.4 is 10.6 Å². The van der Waals surface area contributed by atoms with Gasteiger partial charge in [-0.05, 0) is 54.5 Å². The van der Waals surface area contributed by atoms with E-state index in [0.29, 0.717) is 13.0 Å². The van der Waals surface area contributed by atoms with Crippen molar-refractivity contribution in [1.82, 2.24) is 10.6 Å². The summed E-state index contributed by atoms with van der Waals surface area (Å²) in [5, 5.41) is 10.6. The predicted octanol–water partition coefficient (Wildman–Crippen LogP) is 3.30. The SMILES string of the molecule is CN=C(NCCCC(=O)OC1CCCC1)NCc1ccsc1.I. The van der Waals surface area contributed by atoms with Crippen LogP contribution in [0.2, 0.25) is 0 Å². The molecule has 0 amide bonds. The van der Waals surface area contributed by atoms with E-state index >= 15 is 0 Å². The van der Waals surface area contributed by atoms with E-state index in [0.717, 1.165) is 31.8 Å². The van der Waals surface area contributed by atoms with Crippen molar-refractivity contribution in [2.75, 3.05) is 13.6 Å². The summed E-state index contributed by atoms with van der Waals surface area (Å²) in [6, 6.07) is 2.09. The molecular formula is C16H26IN3O2S. The van der Waals surface area contributed by atoms with E-state index in [1.165, 1.54) is 18.4 Å². The molecule has 0 bridgehead atoms. The molecule has 7 heteroatoms. The molecule has 130 valence electrons. The average molecular weight is 451 g/mol. The second-order valence-corrected chi connectivity index (χ2v) is 6.26. The standard InChI is InChI=1S/C16H25N3O2S.HI/c1-17-16(19-11-13-8-10-22-12-13)18-9-4-7-15(20)21-14-5-2-3-6-14;/h8,10,12,14H,2-7,9,11H2,1H3,(H2,17,18,19);1H.